The van der Waals surface area contributed by atoms with Gasteiger partial charge >= 0.3 is 11.9 Å². The second-order valence-corrected chi connectivity index (χ2v) is 11.7. The van der Waals surface area contributed by atoms with Crippen LogP contribution in [0.3, 0.4) is 0 Å². The summed E-state index contributed by atoms with van der Waals surface area (Å²) in [4.78, 5) is 26.1. The molecule has 2 heterocycles. The molecular formula is C31H37NO7. The van der Waals surface area contributed by atoms with Crippen molar-refractivity contribution in [3.63, 3.8) is 0 Å². The molecule has 2 atom stereocenters. The summed E-state index contributed by atoms with van der Waals surface area (Å²) in [6.07, 6.45) is 3.85. The number of rotatable bonds is 4. The quantitative estimate of drug-likeness (QED) is 0.438. The van der Waals surface area contributed by atoms with Crippen molar-refractivity contribution in [2.75, 3.05) is 14.2 Å². The second kappa shape index (κ2) is 9.99. The lowest BCUT2D eigenvalue weighted by atomic mass is 9.81. The molecule has 2 aliphatic rings. The van der Waals surface area contributed by atoms with E-state index in [4.69, 9.17) is 14.2 Å². The van der Waals surface area contributed by atoms with Crippen LogP contribution >= 0.6 is 0 Å². The first-order valence-electron chi connectivity index (χ1n) is 13.5. The van der Waals surface area contributed by atoms with Crippen molar-refractivity contribution in [1.29, 1.82) is 0 Å². The molecule has 2 aromatic carbocycles. The van der Waals surface area contributed by atoms with Gasteiger partial charge in [-0.25, -0.2) is 9.59 Å². The first kappa shape index (κ1) is 27.2. The molecule has 0 saturated heterocycles. The number of carbonyl (C=O) groups excluding carboxylic acids is 2. The number of hydrogen-bond acceptors (Lipinski definition) is 7. The minimum absolute atomic E-state index is 0.251. The normalized spacial score (nSPS) is 21.6. The Morgan fingerprint density at radius 3 is 2.38 bits per heavy atom. The third-order valence-electron chi connectivity index (χ3n) is 7.95. The summed E-state index contributed by atoms with van der Waals surface area (Å²) < 4.78 is 17.9. The van der Waals surface area contributed by atoms with E-state index in [9.17, 15) is 19.8 Å². The van der Waals surface area contributed by atoms with Gasteiger partial charge in [-0.2, -0.15) is 0 Å². The SMILES string of the molecule is COC(=O)[C@@]1(O)Cn2c(c(C3CCCCC3)c3ccc(C(=O)OC(C)(C)C)cc32)-c2ccc(OC)cc2[C@@H]1O. The van der Waals surface area contributed by atoms with Crippen LogP contribution in [-0.2, 0) is 20.8 Å². The Morgan fingerprint density at radius 1 is 1.03 bits per heavy atom. The van der Waals surface area contributed by atoms with Crippen LogP contribution in [0.25, 0.3) is 22.2 Å². The minimum Gasteiger partial charge on any atom is -0.497 e. The molecular weight excluding hydrogens is 498 g/mol. The Bertz CT molecular complexity index is 1430. The topological polar surface area (TPSA) is 107 Å². The summed E-state index contributed by atoms with van der Waals surface area (Å²) in [6, 6.07) is 10.8. The van der Waals surface area contributed by atoms with Gasteiger partial charge in [-0.05, 0) is 81.0 Å². The number of aliphatic hydroxyl groups excluding tert-OH is 1. The van der Waals surface area contributed by atoms with Crippen LogP contribution in [0.4, 0.5) is 0 Å². The van der Waals surface area contributed by atoms with E-state index in [1.165, 1.54) is 20.6 Å². The number of carbonyl (C=O) groups is 2. The summed E-state index contributed by atoms with van der Waals surface area (Å²) in [7, 11) is 2.72. The van der Waals surface area contributed by atoms with Gasteiger partial charge in [-0.3, -0.25) is 0 Å². The van der Waals surface area contributed by atoms with E-state index in [-0.39, 0.29) is 12.5 Å². The van der Waals surface area contributed by atoms with Gasteiger partial charge < -0.3 is 29.0 Å². The Labute approximate surface area is 228 Å². The minimum atomic E-state index is -2.28. The number of methoxy groups -OCH3 is 2. The molecule has 3 aromatic rings. The molecule has 1 fully saturated rings. The standard InChI is InChI=1S/C31H37NO7/c1-30(2,3)39-28(34)19-11-13-22-24(15-19)32-17-31(36,29(35)38-5)27(33)23-16-20(37-4)12-14-21(23)26(32)25(22)18-9-7-6-8-10-18/h11-16,18,27,33,36H,6-10,17H2,1-5H3/t27-,31+/m0/s1. The van der Waals surface area contributed by atoms with E-state index in [1.54, 1.807) is 18.2 Å². The van der Waals surface area contributed by atoms with Gasteiger partial charge in [0.15, 0.2) is 0 Å². The van der Waals surface area contributed by atoms with E-state index in [0.29, 0.717) is 28.0 Å². The van der Waals surface area contributed by atoms with Crippen LogP contribution in [0.15, 0.2) is 36.4 Å². The number of ether oxygens (including phenoxy) is 3. The number of aliphatic hydroxyl groups is 2. The zero-order valence-electron chi connectivity index (χ0n) is 23.2. The highest BCUT2D eigenvalue weighted by Gasteiger charge is 2.50. The molecule has 0 radical (unpaired) electrons. The summed E-state index contributed by atoms with van der Waals surface area (Å²) in [5.41, 5.74) is 1.14. The van der Waals surface area contributed by atoms with Crippen LogP contribution in [0.1, 0.15) is 86.4 Å². The lowest BCUT2D eigenvalue weighted by Gasteiger charge is -2.29. The molecule has 208 valence electrons. The van der Waals surface area contributed by atoms with Crippen LogP contribution in [0.5, 0.6) is 5.75 Å². The Hall–Kier alpha value is -3.36. The Kier molecular flexibility index (Phi) is 6.97. The lowest BCUT2D eigenvalue weighted by molar-refractivity contribution is -0.178. The van der Waals surface area contributed by atoms with Gasteiger partial charge in [-0.1, -0.05) is 25.3 Å². The molecule has 1 aliphatic carbocycles. The highest BCUT2D eigenvalue weighted by Crippen LogP contribution is 2.50. The maximum atomic E-state index is 13.1. The van der Waals surface area contributed by atoms with Crippen molar-refractivity contribution in [3.05, 3.63) is 53.1 Å². The summed E-state index contributed by atoms with van der Waals surface area (Å²) in [5, 5.41) is 24.3. The number of benzene rings is 2. The smallest absolute Gasteiger partial charge is 0.342 e. The molecule has 8 heteroatoms. The van der Waals surface area contributed by atoms with Gasteiger partial charge in [0.2, 0.25) is 5.60 Å². The van der Waals surface area contributed by atoms with Crippen molar-refractivity contribution >= 4 is 22.8 Å². The lowest BCUT2D eigenvalue weighted by Crippen LogP contribution is -2.48. The van der Waals surface area contributed by atoms with E-state index < -0.39 is 29.2 Å². The summed E-state index contributed by atoms with van der Waals surface area (Å²) >= 11 is 0. The average molecular weight is 536 g/mol. The number of nitrogens with zero attached hydrogens (tertiary/aromatic N) is 1. The van der Waals surface area contributed by atoms with Crippen LogP contribution in [0, 0.1) is 0 Å². The maximum absolute atomic E-state index is 13.1. The van der Waals surface area contributed by atoms with E-state index >= 15 is 0 Å². The highest BCUT2D eigenvalue weighted by atomic mass is 16.6. The fraction of sp³-hybridized carbons (Fsp3) is 0.484. The molecule has 0 spiro atoms. The van der Waals surface area contributed by atoms with E-state index in [0.717, 1.165) is 42.3 Å². The van der Waals surface area contributed by atoms with Crippen molar-refractivity contribution in [3.8, 4) is 17.0 Å². The molecule has 5 rings (SSSR count). The van der Waals surface area contributed by atoms with Gasteiger partial charge in [-0.15, -0.1) is 0 Å². The van der Waals surface area contributed by atoms with Crippen LogP contribution in [-0.4, -0.2) is 52.1 Å². The molecule has 1 aliphatic heterocycles. The molecule has 1 aromatic heterocycles. The van der Waals surface area contributed by atoms with Crippen molar-refractivity contribution in [2.45, 2.75) is 82.6 Å². The fourth-order valence-electron chi connectivity index (χ4n) is 6.15. The zero-order chi connectivity index (χ0) is 28.1. The monoisotopic (exact) mass is 535 g/mol. The number of fused-ring (bicyclic) bond motifs is 5. The largest absolute Gasteiger partial charge is 0.497 e. The predicted octanol–water partition coefficient (Wildman–Crippen LogP) is 5.27. The van der Waals surface area contributed by atoms with Crippen LogP contribution in [0.2, 0.25) is 0 Å². The maximum Gasteiger partial charge on any atom is 0.342 e. The Morgan fingerprint density at radius 2 is 1.74 bits per heavy atom. The summed E-state index contributed by atoms with van der Waals surface area (Å²) in [6.45, 7) is 5.19. The van der Waals surface area contributed by atoms with Gasteiger partial charge in [0.25, 0.3) is 0 Å². The van der Waals surface area contributed by atoms with Gasteiger partial charge in [0.05, 0.1) is 32.0 Å². The fourth-order valence-corrected chi connectivity index (χ4v) is 6.15. The average Bonchev–Trinajstić information content (AvgIpc) is 3.19. The number of hydrogen-bond donors (Lipinski definition) is 2. The molecule has 8 nitrogen and oxygen atoms in total. The predicted molar refractivity (Wildman–Crippen MR) is 147 cm³/mol. The zero-order valence-corrected chi connectivity index (χ0v) is 23.2. The molecule has 0 amide bonds. The van der Waals surface area contributed by atoms with E-state index in [1.807, 2.05) is 43.5 Å². The van der Waals surface area contributed by atoms with Crippen LogP contribution < -0.4 is 4.74 Å². The molecule has 0 unspecified atom stereocenters. The molecule has 2 N–H and O–H groups in total. The Balaban J connectivity index is 1.84. The second-order valence-electron chi connectivity index (χ2n) is 11.7. The first-order valence-corrected chi connectivity index (χ1v) is 13.5. The number of esters is 2. The van der Waals surface area contributed by atoms with E-state index in [2.05, 4.69) is 0 Å². The molecule has 39 heavy (non-hydrogen) atoms. The number of aromatic nitrogens is 1. The third kappa shape index (κ3) is 4.70. The summed E-state index contributed by atoms with van der Waals surface area (Å²) in [5.74, 6) is -0.653. The van der Waals surface area contributed by atoms with Gasteiger partial charge in [0.1, 0.15) is 17.5 Å². The molecule has 0 bridgehead atoms. The highest BCUT2D eigenvalue weighted by molar-refractivity contribution is 6.00. The molecule has 1 saturated carbocycles. The van der Waals surface area contributed by atoms with Crippen molar-refractivity contribution in [2.24, 2.45) is 0 Å². The third-order valence-corrected chi connectivity index (χ3v) is 7.95. The van der Waals surface area contributed by atoms with Crippen molar-refractivity contribution in [1.82, 2.24) is 4.57 Å². The van der Waals surface area contributed by atoms with Gasteiger partial charge in [0, 0.05) is 16.5 Å². The first-order chi connectivity index (χ1) is 18.5. The van der Waals surface area contributed by atoms with Crippen molar-refractivity contribution < 1.29 is 34.0 Å².